The molecule has 21 heavy (non-hydrogen) atoms. The molecule has 2 aromatic rings. The number of carbonyl (C=O) groups excluding carboxylic acids is 1. The summed E-state index contributed by atoms with van der Waals surface area (Å²) in [5.41, 5.74) is 1.62. The molecule has 4 nitrogen and oxygen atoms in total. The SMILES string of the molecule is O=C(COCc1ccccc1)c1ccc2c(c1)OCCO2. The van der Waals surface area contributed by atoms with E-state index in [2.05, 4.69) is 0 Å². The first kappa shape index (κ1) is 13.6. The molecule has 0 radical (unpaired) electrons. The van der Waals surface area contributed by atoms with Gasteiger partial charge in [0.15, 0.2) is 17.3 Å². The Bertz CT molecular complexity index is 622. The maximum absolute atomic E-state index is 12.1. The van der Waals surface area contributed by atoms with Gasteiger partial charge in [-0.1, -0.05) is 30.3 Å². The zero-order valence-electron chi connectivity index (χ0n) is 11.6. The number of ether oxygens (including phenoxy) is 3. The lowest BCUT2D eigenvalue weighted by Crippen LogP contribution is -2.16. The van der Waals surface area contributed by atoms with Gasteiger partial charge < -0.3 is 14.2 Å². The average molecular weight is 284 g/mol. The van der Waals surface area contributed by atoms with Gasteiger partial charge in [-0.3, -0.25) is 4.79 Å². The largest absolute Gasteiger partial charge is 0.486 e. The average Bonchev–Trinajstić information content (AvgIpc) is 2.55. The van der Waals surface area contributed by atoms with Gasteiger partial charge in [0.2, 0.25) is 0 Å². The van der Waals surface area contributed by atoms with E-state index in [0.717, 1.165) is 5.56 Å². The number of rotatable bonds is 5. The molecule has 0 saturated carbocycles. The van der Waals surface area contributed by atoms with Crippen LogP contribution in [-0.4, -0.2) is 25.6 Å². The summed E-state index contributed by atoms with van der Waals surface area (Å²) >= 11 is 0. The fourth-order valence-electron chi connectivity index (χ4n) is 2.14. The number of fused-ring (bicyclic) bond motifs is 1. The van der Waals surface area contributed by atoms with Crippen molar-refractivity contribution in [1.29, 1.82) is 0 Å². The Balaban J connectivity index is 1.58. The summed E-state index contributed by atoms with van der Waals surface area (Å²) in [4.78, 5) is 12.1. The molecule has 0 unspecified atom stereocenters. The molecule has 4 heteroatoms. The molecule has 0 aromatic heterocycles. The second-order valence-corrected chi connectivity index (χ2v) is 4.76. The second kappa shape index (κ2) is 6.41. The molecule has 0 N–H and O–H groups in total. The molecule has 2 aromatic carbocycles. The molecule has 0 fully saturated rings. The van der Waals surface area contributed by atoms with E-state index in [4.69, 9.17) is 14.2 Å². The van der Waals surface area contributed by atoms with E-state index in [-0.39, 0.29) is 12.4 Å². The normalized spacial score (nSPS) is 13.0. The van der Waals surface area contributed by atoms with Crippen LogP contribution in [0.3, 0.4) is 0 Å². The number of hydrogen-bond donors (Lipinski definition) is 0. The van der Waals surface area contributed by atoms with Crippen LogP contribution in [0.5, 0.6) is 11.5 Å². The van der Waals surface area contributed by atoms with Crippen LogP contribution in [0.2, 0.25) is 0 Å². The number of ketones is 1. The van der Waals surface area contributed by atoms with Crippen LogP contribution in [-0.2, 0) is 11.3 Å². The summed E-state index contributed by atoms with van der Waals surface area (Å²) in [5.74, 6) is 1.24. The molecular formula is C17H16O4. The Morgan fingerprint density at radius 2 is 1.76 bits per heavy atom. The third-order valence-electron chi connectivity index (χ3n) is 3.21. The maximum atomic E-state index is 12.1. The number of hydrogen-bond acceptors (Lipinski definition) is 4. The summed E-state index contributed by atoms with van der Waals surface area (Å²) in [6, 6.07) is 15.0. The summed E-state index contributed by atoms with van der Waals surface area (Å²) < 4.78 is 16.4. The minimum Gasteiger partial charge on any atom is -0.486 e. The highest BCUT2D eigenvalue weighted by Gasteiger charge is 2.14. The Hall–Kier alpha value is -2.33. The van der Waals surface area contributed by atoms with Crippen LogP contribution in [0.25, 0.3) is 0 Å². The van der Waals surface area contributed by atoms with E-state index in [1.165, 1.54) is 0 Å². The van der Waals surface area contributed by atoms with E-state index >= 15 is 0 Å². The lowest BCUT2D eigenvalue weighted by atomic mass is 10.1. The molecule has 0 aliphatic carbocycles. The van der Waals surface area contributed by atoms with Crippen LogP contribution < -0.4 is 9.47 Å². The molecule has 1 aliphatic rings. The minimum absolute atomic E-state index is 0.0501. The fourth-order valence-corrected chi connectivity index (χ4v) is 2.14. The number of Topliss-reactive ketones (excluding diaryl/α,β-unsaturated/α-hetero) is 1. The van der Waals surface area contributed by atoms with Crippen molar-refractivity contribution in [2.24, 2.45) is 0 Å². The van der Waals surface area contributed by atoms with Gasteiger partial charge >= 0.3 is 0 Å². The summed E-state index contributed by atoms with van der Waals surface area (Å²) in [6.45, 7) is 1.53. The smallest absolute Gasteiger partial charge is 0.188 e. The molecule has 0 atom stereocenters. The van der Waals surface area contributed by atoms with E-state index < -0.39 is 0 Å². The molecule has 0 saturated heterocycles. The third-order valence-corrected chi connectivity index (χ3v) is 3.21. The van der Waals surface area contributed by atoms with Crippen molar-refractivity contribution < 1.29 is 19.0 Å². The van der Waals surface area contributed by atoms with Gasteiger partial charge in [-0.05, 0) is 23.8 Å². The minimum atomic E-state index is -0.0668. The van der Waals surface area contributed by atoms with Gasteiger partial charge in [-0.2, -0.15) is 0 Å². The van der Waals surface area contributed by atoms with Crippen molar-refractivity contribution >= 4 is 5.78 Å². The molecule has 0 spiro atoms. The van der Waals surface area contributed by atoms with Gasteiger partial charge in [0.1, 0.15) is 19.8 Å². The van der Waals surface area contributed by atoms with Crippen LogP contribution in [0, 0.1) is 0 Å². The summed E-state index contributed by atoms with van der Waals surface area (Å²) in [6.07, 6.45) is 0. The van der Waals surface area contributed by atoms with E-state index in [1.807, 2.05) is 30.3 Å². The Kier molecular flexibility index (Phi) is 4.17. The lowest BCUT2D eigenvalue weighted by Gasteiger charge is -2.18. The Labute approximate surface area is 123 Å². The molecular weight excluding hydrogens is 268 g/mol. The van der Waals surface area contributed by atoms with Gasteiger partial charge in [0.25, 0.3) is 0 Å². The fraction of sp³-hybridized carbons (Fsp3) is 0.235. The van der Waals surface area contributed by atoms with E-state index in [0.29, 0.717) is 36.9 Å². The van der Waals surface area contributed by atoms with Gasteiger partial charge in [-0.15, -0.1) is 0 Å². The highest BCUT2D eigenvalue weighted by Crippen LogP contribution is 2.30. The third kappa shape index (κ3) is 3.41. The predicted molar refractivity (Wildman–Crippen MR) is 77.9 cm³/mol. The van der Waals surface area contributed by atoms with Crippen LogP contribution >= 0.6 is 0 Å². The monoisotopic (exact) mass is 284 g/mol. The van der Waals surface area contributed by atoms with Crippen molar-refractivity contribution in [3.8, 4) is 11.5 Å². The second-order valence-electron chi connectivity index (χ2n) is 4.76. The van der Waals surface area contributed by atoms with Gasteiger partial charge in [-0.25, -0.2) is 0 Å². The van der Waals surface area contributed by atoms with Gasteiger partial charge in [0.05, 0.1) is 6.61 Å². The first-order chi connectivity index (χ1) is 10.3. The Morgan fingerprint density at radius 1 is 1.00 bits per heavy atom. The van der Waals surface area contributed by atoms with Crippen LogP contribution in [0.1, 0.15) is 15.9 Å². The number of carbonyl (C=O) groups is 1. The molecule has 3 rings (SSSR count). The van der Waals surface area contributed by atoms with E-state index in [9.17, 15) is 4.79 Å². The number of benzene rings is 2. The zero-order valence-corrected chi connectivity index (χ0v) is 11.6. The Morgan fingerprint density at radius 3 is 2.57 bits per heavy atom. The van der Waals surface area contributed by atoms with Crippen molar-refractivity contribution in [2.45, 2.75) is 6.61 Å². The highest BCUT2D eigenvalue weighted by atomic mass is 16.6. The highest BCUT2D eigenvalue weighted by molar-refractivity contribution is 5.97. The van der Waals surface area contributed by atoms with Crippen molar-refractivity contribution in [1.82, 2.24) is 0 Å². The van der Waals surface area contributed by atoms with Crippen molar-refractivity contribution in [3.05, 3.63) is 59.7 Å². The lowest BCUT2D eigenvalue weighted by molar-refractivity contribution is 0.0725. The van der Waals surface area contributed by atoms with E-state index in [1.54, 1.807) is 18.2 Å². The standard InChI is InChI=1S/C17H16O4/c18-15(12-19-11-13-4-2-1-3-5-13)14-6-7-16-17(10-14)21-9-8-20-16/h1-7,10H,8-9,11-12H2. The molecule has 0 amide bonds. The predicted octanol–water partition coefficient (Wildman–Crippen LogP) is 2.86. The molecule has 1 aliphatic heterocycles. The zero-order chi connectivity index (χ0) is 14.5. The topological polar surface area (TPSA) is 44.8 Å². The summed E-state index contributed by atoms with van der Waals surface area (Å²) in [7, 11) is 0. The molecule has 108 valence electrons. The maximum Gasteiger partial charge on any atom is 0.188 e. The van der Waals surface area contributed by atoms with Crippen LogP contribution in [0.4, 0.5) is 0 Å². The first-order valence-electron chi connectivity index (χ1n) is 6.87. The quantitative estimate of drug-likeness (QED) is 0.792. The van der Waals surface area contributed by atoms with Crippen molar-refractivity contribution in [3.63, 3.8) is 0 Å². The molecule has 1 heterocycles. The first-order valence-corrected chi connectivity index (χ1v) is 6.87. The van der Waals surface area contributed by atoms with Crippen molar-refractivity contribution in [2.75, 3.05) is 19.8 Å². The van der Waals surface area contributed by atoms with Gasteiger partial charge in [0, 0.05) is 5.56 Å². The van der Waals surface area contributed by atoms with Crippen LogP contribution in [0.15, 0.2) is 48.5 Å². The molecule has 0 bridgehead atoms. The summed E-state index contributed by atoms with van der Waals surface area (Å²) in [5, 5.41) is 0.